The number of rotatable bonds is 6. The van der Waals surface area contributed by atoms with Crippen LogP contribution in [0, 0.1) is 0 Å². The van der Waals surface area contributed by atoms with Crippen LogP contribution in [-0.2, 0) is 4.74 Å². The monoisotopic (exact) mass is 271 g/mol. The summed E-state index contributed by atoms with van der Waals surface area (Å²) in [6.07, 6.45) is 10.1. The summed E-state index contributed by atoms with van der Waals surface area (Å²) in [5, 5.41) is 0. The summed E-state index contributed by atoms with van der Waals surface area (Å²) in [5.41, 5.74) is 9.49. The van der Waals surface area contributed by atoms with Crippen molar-refractivity contribution in [3.63, 3.8) is 0 Å². The average Bonchev–Trinajstić information content (AvgIpc) is 2.47. The van der Waals surface area contributed by atoms with Gasteiger partial charge in [0.05, 0.1) is 12.7 Å². The molecule has 0 aromatic heterocycles. The quantitative estimate of drug-likeness (QED) is 0.776. The van der Waals surface area contributed by atoms with Gasteiger partial charge in [-0.3, -0.25) is 0 Å². The summed E-state index contributed by atoms with van der Waals surface area (Å²) < 4.78 is 6.14. The summed E-state index contributed by atoms with van der Waals surface area (Å²) in [6, 6.07) is 8.05. The highest BCUT2D eigenvalue weighted by Gasteiger charge is 2.17. The fourth-order valence-electron chi connectivity index (χ4n) is 2.67. The van der Waals surface area contributed by atoms with E-state index in [0.29, 0.717) is 12.5 Å². The number of anilines is 1. The van der Waals surface area contributed by atoms with Crippen molar-refractivity contribution in [1.29, 1.82) is 0 Å². The van der Waals surface area contributed by atoms with E-state index in [4.69, 9.17) is 10.5 Å². The highest BCUT2D eigenvalue weighted by atomic mass is 16.5. The Morgan fingerprint density at radius 1 is 1.35 bits per heavy atom. The van der Waals surface area contributed by atoms with Crippen LogP contribution in [-0.4, -0.2) is 12.7 Å². The Morgan fingerprint density at radius 3 is 2.90 bits per heavy atom. The van der Waals surface area contributed by atoms with Crippen LogP contribution in [0.5, 0.6) is 0 Å². The molecule has 0 saturated carbocycles. The van der Waals surface area contributed by atoms with E-state index in [1.54, 1.807) is 0 Å². The molecule has 0 amide bonds. The molecule has 0 spiro atoms. The van der Waals surface area contributed by atoms with Crippen LogP contribution in [0.3, 0.4) is 0 Å². The van der Waals surface area contributed by atoms with Crippen molar-refractivity contribution in [1.82, 2.24) is 0 Å². The molecular formula is C18H25NO. The number of ether oxygens (including phenoxy) is 1. The van der Waals surface area contributed by atoms with Crippen molar-refractivity contribution in [2.75, 3.05) is 12.3 Å². The van der Waals surface area contributed by atoms with Crippen molar-refractivity contribution in [3.8, 4) is 0 Å². The standard InChI is InChI=1S/C18H25NO/c1-3-8-15-9-4-7-12-18(15)20-13-14(2)16-10-5-6-11-17(16)19/h4-7,9-11,14,18H,3,8,12-13,19H2,1-2H3. The Morgan fingerprint density at radius 2 is 2.15 bits per heavy atom. The maximum absolute atomic E-state index is 6.14. The molecule has 0 saturated heterocycles. The molecule has 2 unspecified atom stereocenters. The van der Waals surface area contributed by atoms with Crippen LogP contribution in [0.1, 0.15) is 44.6 Å². The summed E-state index contributed by atoms with van der Waals surface area (Å²) in [7, 11) is 0. The van der Waals surface area contributed by atoms with Gasteiger partial charge in [-0.25, -0.2) is 0 Å². The maximum Gasteiger partial charge on any atom is 0.0822 e. The molecule has 2 rings (SSSR count). The van der Waals surface area contributed by atoms with Gasteiger partial charge in [-0.1, -0.05) is 56.7 Å². The van der Waals surface area contributed by atoms with Gasteiger partial charge in [-0.15, -0.1) is 0 Å². The first kappa shape index (κ1) is 14.9. The van der Waals surface area contributed by atoms with E-state index in [2.05, 4.69) is 38.1 Å². The number of hydrogen-bond acceptors (Lipinski definition) is 2. The SMILES string of the molecule is CCCC1=CC=CCC1OCC(C)c1ccccc1N. The average molecular weight is 271 g/mol. The van der Waals surface area contributed by atoms with Gasteiger partial charge in [-0.05, 0) is 30.0 Å². The molecule has 2 heteroatoms. The molecule has 0 fully saturated rings. The molecule has 2 nitrogen and oxygen atoms in total. The molecule has 2 N–H and O–H groups in total. The first-order chi connectivity index (χ1) is 9.72. The molecule has 0 radical (unpaired) electrons. The molecule has 1 aliphatic rings. The second-order valence-electron chi connectivity index (χ2n) is 5.51. The van der Waals surface area contributed by atoms with E-state index in [0.717, 1.165) is 18.5 Å². The van der Waals surface area contributed by atoms with Crippen LogP contribution < -0.4 is 5.73 Å². The lowest BCUT2D eigenvalue weighted by Gasteiger charge is -2.24. The lowest BCUT2D eigenvalue weighted by Crippen LogP contribution is -2.20. The van der Waals surface area contributed by atoms with E-state index in [1.807, 2.05) is 18.2 Å². The van der Waals surface area contributed by atoms with Gasteiger partial charge < -0.3 is 10.5 Å². The number of nitrogen functional groups attached to an aromatic ring is 1. The molecule has 2 atom stereocenters. The van der Waals surface area contributed by atoms with E-state index in [-0.39, 0.29) is 6.10 Å². The third kappa shape index (κ3) is 3.73. The van der Waals surface area contributed by atoms with E-state index >= 15 is 0 Å². The van der Waals surface area contributed by atoms with Gasteiger partial charge in [0.2, 0.25) is 0 Å². The zero-order valence-corrected chi connectivity index (χ0v) is 12.5. The van der Waals surface area contributed by atoms with Crippen molar-refractivity contribution in [2.24, 2.45) is 0 Å². The van der Waals surface area contributed by atoms with Gasteiger partial charge in [0.25, 0.3) is 0 Å². The molecular weight excluding hydrogens is 246 g/mol. The zero-order valence-electron chi connectivity index (χ0n) is 12.5. The van der Waals surface area contributed by atoms with Gasteiger partial charge in [0.15, 0.2) is 0 Å². The number of para-hydroxylation sites is 1. The third-order valence-corrected chi connectivity index (χ3v) is 3.82. The normalized spacial score (nSPS) is 19.7. The molecule has 1 aromatic rings. The van der Waals surface area contributed by atoms with E-state index in [1.165, 1.54) is 17.6 Å². The predicted octanol–water partition coefficient (Wildman–Crippen LogP) is 4.44. The molecule has 0 aliphatic heterocycles. The van der Waals surface area contributed by atoms with Crippen molar-refractivity contribution >= 4 is 5.69 Å². The Kier molecular flexibility index (Phi) is 5.42. The highest BCUT2D eigenvalue weighted by molar-refractivity contribution is 5.48. The number of nitrogens with two attached hydrogens (primary N) is 1. The predicted molar refractivity (Wildman–Crippen MR) is 85.8 cm³/mol. The Hall–Kier alpha value is -1.54. The zero-order chi connectivity index (χ0) is 14.4. The molecule has 1 aromatic carbocycles. The Bertz CT molecular complexity index is 490. The Balaban J connectivity index is 1.93. The lowest BCUT2D eigenvalue weighted by atomic mass is 9.96. The van der Waals surface area contributed by atoms with Crippen LogP contribution in [0.4, 0.5) is 5.69 Å². The minimum Gasteiger partial charge on any atom is -0.398 e. The lowest BCUT2D eigenvalue weighted by molar-refractivity contribution is 0.0679. The molecule has 20 heavy (non-hydrogen) atoms. The maximum atomic E-state index is 6.14. The fourth-order valence-corrected chi connectivity index (χ4v) is 2.67. The van der Waals surface area contributed by atoms with Gasteiger partial charge >= 0.3 is 0 Å². The first-order valence-corrected chi connectivity index (χ1v) is 7.54. The van der Waals surface area contributed by atoms with E-state index < -0.39 is 0 Å². The fraction of sp³-hybridized carbons (Fsp3) is 0.444. The summed E-state index contributed by atoms with van der Waals surface area (Å²) >= 11 is 0. The molecule has 1 aliphatic carbocycles. The summed E-state index contributed by atoms with van der Waals surface area (Å²) in [4.78, 5) is 0. The number of benzene rings is 1. The van der Waals surface area contributed by atoms with Crippen LogP contribution in [0.15, 0.2) is 48.1 Å². The molecule has 108 valence electrons. The van der Waals surface area contributed by atoms with Crippen LogP contribution in [0.2, 0.25) is 0 Å². The second kappa shape index (κ2) is 7.30. The third-order valence-electron chi connectivity index (χ3n) is 3.82. The minimum absolute atomic E-state index is 0.243. The minimum atomic E-state index is 0.243. The van der Waals surface area contributed by atoms with Crippen molar-refractivity contribution in [2.45, 2.75) is 45.1 Å². The smallest absolute Gasteiger partial charge is 0.0822 e. The van der Waals surface area contributed by atoms with Crippen molar-refractivity contribution in [3.05, 3.63) is 53.6 Å². The van der Waals surface area contributed by atoms with Gasteiger partial charge in [0, 0.05) is 11.6 Å². The molecule has 0 heterocycles. The van der Waals surface area contributed by atoms with Gasteiger partial charge in [-0.2, -0.15) is 0 Å². The number of hydrogen-bond donors (Lipinski definition) is 1. The van der Waals surface area contributed by atoms with E-state index in [9.17, 15) is 0 Å². The van der Waals surface area contributed by atoms with Crippen LogP contribution >= 0.6 is 0 Å². The second-order valence-corrected chi connectivity index (χ2v) is 5.51. The summed E-state index contributed by atoms with van der Waals surface area (Å²) in [6.45, 7) is 5.10. The molecule has 0 bridgehead atoms. The highest BCUT2D eigenvalue weighted by Crippen LogP contribution is 2.26. The topological polar surface area (TPSA) is 35.2 Å². The first-order valence-electron chi connectivity index (χ1n) is 7.54. The van der Waals surface area contributed by atoms with Crippen LogP contribution in [0.25, 0.3) is 0 Å². The summed E-state index contributed by atoms with van der Waals surface area (Å²) in [5.74, 6) is 0.324. The van der Waals surface area contributed by atoms with Gasteiger partial charge in [0.1, 0.15) is 0 Å². The van der Waals surface area contributed by atoms with Crippen molar-refractivity contribution < 1.29 is 4.74 Å². The largest absolute Gasteiger partial charge is 0.398 e. The number of allylic oxidation sites excluding steroid dienone is 2. The Labute approximate surface area is 122 Å².